The Kier molecular flexibility index (Phi) is 4.69. The van der Waals surface area contributed by atoms with E-state index < -0.39 is 6.61 Å². The van der Waals surface area contributed by atoms with Crippen LogP contribution in [0.25, 0.3) is 0 Å². The van der Waals surface area contributed by atoms with Gasteiger partial charge in [0.25, 0.3) is 0 Å². The number of hydrogen-bond donors (Lipinski definition) is 0. The van der Waals surface area contributed by atoms with Crippen LogP contribution in [-0.4, -0.2) is 32.4 Å². The third-order valence-corrected chi connectivity index (χ3v) is 5.62. The molecule has 2 aromatic rings. The van der Waals surface area contributed by atoms with Gasteiger partial charge in [-0.2, -0.15) is 8.78 Å². The Bertz CT molecular complexity index is 801. The lowest BCUT2D eigenvalue weighted by atomic mass is 10.1. The Morgan fingerprint density at radius 3 is 2.46 bits per heavy atom. The number of ketones is 1. The van der Waals surface area contributed by atoms with E-state index in [0.29, 0.717) is 17.5 Å². The third-order valence-electron chi connectivity index (χ3n) is 4.56. The van der Waals surface area contributed by atoms with Crippen molar-refractivity contribution in [3.8, 4) is 5.75 Å². The van der Waals surface area contributed by atoms with E-state index in [2.05, 4.69) is 19.5 Å². The maximum atomic E-state index is 12.7. The molecule has 0 unspecified atom stereocenters. The van der Waals surface area contributed by atoms with Crippen LogP contribution in [0, 0.1) is 0 Å². The molecule has 1 atom stereocenters. The molecule has 0 N–H and O–H groups in total. The standard InChI is InChI=1S/C18H19F2N3O2S/c1-10(15(24)11-4-8-14(9-5-11)25-17(19)20)26-18-22-21-16(12-2-3-12)23(18)13-6-7-13/h4-5,8-10,12-13,17H,2-3,6-7H2,1H3/t10-/m0/s1. The minimum absolute atomic E-state index is 0.0411. The minimum atomic E-state index is -2.87. The van der Waals surface area contributed by atoms with Gasteiger partial charge in [-0.05, 0) is 56.9 Å². The summed E-state index contributed by atoms with van der Waals surface area (Å²) in [6, 6.07) is 6.26. The number of thioether (sulfide) groups is 1. The van der Waals surface area contributed by atoms with Gasteiger partial charge < -0.3 is 9.30 Å². The fraction of sp³-hybridized carbons (Fsp3) is 0.500. The second-order valence-electron chi connectivity index (χ2n) is 6.74. The third kappa shape index (κ3) is 3.75. The Balaban J connectivity index is 1.46. The second-order valence-corrected chi connectivity index (χ2v) is 8.05. The maximum Gasteiger partial charge on any atom is 0.387 e. The molecule has 8 heteroatoms. The van der Waals surface area contributed by atoms with Crippen LogP contribution in [0.15, 0.2) is 29.4 Å². The van der Waals surface area contributed by atoms with Gasteiger partial charge in [-0.1, -0.05) is 11.8 Å². The first-order valence-corrected chi connectivity index (χ1v) is 9.61. The van der Waals surface area contributed by atoms with Gasteiger partial charge in [-0.15, -0.1) is 10.2 Å². The summed E-state index contributed by atoms with van der Waals surface area (Å²) >= 11 is 1.41. The zero-order chi connectivity index (χ0) is 18.3. The van der Waals surface area contributed by atoms with Crippen molar-refractivity contribution in [2.75, 3.05) is 0 Å². The number of rotatable bonds is 8. The summed E-state index contributed by atoms with van der Waals surface area (Å²) in [6.45, 7) is -1.04. The van der Waals surface area contributed by atoms with E-state index in [4.69, 9.17) is 0 Å². The number of ether oxygens (including phenoxy) is 1. The van der Waals surface area contributed by atoms with Gasteiger partial charge in [0.2, 0.25) is 0 Å². The fourth-order valence-corrected chi connectivity index (χ4v) is 3.92. The molecule has 0 aliphatic heterocycles. The highest BCUT2D eigenvalue weighted by atomic mass is 32.2. The van der Waals surface area contributed by atoms with Crippen molar-refractivity contribution in [3.63, 3.8) is 0 Å². The van der Waals surface area contributed by atoms with E-state index in [9.17, 15) is 13.6 Å². The van der Waals surface area contributed by atoms with Crippen LogP contribution in [0.2, 0.25) is 0 Å². The Morgan fingerprint density at radius 2 is 1.88 bits per heavy atom. The molecular formula is C18H19F2N3O2S. The van der Waals surface area contributed by atoms with E-state index in [0.717, 1.165) is 36.7 Å². The molecule has 26 heavy (non-hydrogen) atoms. The summed E-state index contributed by atoms with van der Waals surface area (Å²) in [7, 11) is 0. The normalized spacial score (nSPS) is 18.2. The number of nitrogens with zero attached hydrogens (tertiary/aromatic N) is 3. The van der Waals surface area contributed by atoms with Crippen LogP contribution < -0.4 is 4.74 Å². The van der Waals surface area contributed by atoms with E-state index in [-0.39, 0.29) is 16.8 Å². The number of benzene rings is 1. The number of carbonyl (C=O) groups is 1. The summed E-state index contributed by atoms with van der Waals surface area (Å²) in [5.41, 5.74) is 0.464. The van der Waals surface area contributed by atoms with Crippen molar-refractivity contribution in [3.05, 3.63) is 35.7 Å². The van der Waals surface area contributed by atoms with Crippen LogP contribution in [0.4, 0.5) is 8.78 Å². The van der Waals surface area contributed by atoms with Gasteiger partial charge in [-0.3, -0.25) is 4.79 Å². The van der Waals surface area contributed by atoms with Crippen LogP contribution in [-0.2, 0) is 0 Å². The SMILES string of the molecule is C[C@H](Sc1nnc(C2CC2)n1C1CC1)C(=O)c1ccc(OC(F)F)cc1. The van der Waals surface area contributed by atoms with Crippen molar-refractivity contribution in [2.24, 2.45) is 0 Å². The zero-order valence-corrected chi connectivity index (χ0v) is 15.1. The van der Waals surface area contributed by atoms with Crippen LogP contribution in [0.1, 0.15) is 60.7 Å². The van der Waals surface area contributed by atoms with Gasteiger partial charge in [0.15, 0.2) is 10.9 Å². The lowest BCUT2D eigenvalue weighted by Gasteiger charge is -2.12. The first-order valence-electron chi connectivity index (χ1n) is 8.73. The predicted molar refractivity (Wildman–Crippen MR) is 93.0 cm³/mol. The highest BCUT2D eigenvalue weighted by molar-refractivity contribution is 8.00. The summed E-state index contributed by atoms with van der Waals surface area (Å²) in [4.78, 5) is 12.7. The lowest BCUT2D eigenvalue weighted by Crippen LogP contribution is -2.15. The summed E-state index contributed by atoms with van der Waals surface area (Å²) < 4.78 is 31.0. The molecule has 2 fully saturated rings. The molecule has 0 amide bonds. The maximum absolute atomic E-state index is 12.7. The highest BCUT2D eigenvalue weighted by Gasteiger charge is 2.37. The Morgan fingerprint density at radius 1 is 1.19 bits per heavy atom. The predicted octanol–water partition coefficient (Wildman–Crippen LogP) is 4.46. The number of Topliss-reactive ketones (excluding diaryl/α,β-unsaturated/α-hetero) is 1. The summed E-state index contributed by atoms with van der Waals surface area (Å²) in [6.07, 6.45) is 4.60. The Labute approximate surface area is 154 Å². The first kappa shape index (κ1) is 17.5. The van der Waals surface area contributed by atoms with Gasteiger partial charge in [-0.25, -0.2) is 0 Å². The molecule has 0 spiro atoms. The average Bonchev–Trinajstić information content (AvgIpc) is 3.53. The monoisotopic (exact) mass is 379 g/mol. The molecule has 0 radical (unpaired) electrons. The van der Waals surface area contributed by atoms with Crippen molar-refractivity contribution < 1.29 is 18.3 Å². The van der Waals surface area contributed by atoms with Gasteiger partial charge in [0.05, 0.1) is 5.25 Å². The van der Waals surface area contributed by atoms with Crippen molar-refractivity contribution in [1.29, 1.82) is 0 Å². The van der Waals surface area contributed by atoms with E-state index in [1.807, 2.05) is 6.92 Å². The highest BCUT2D eigenvalue weighted by Crippen LogP contribution is 2.46. The van der Waals surface area contributed by atoms with Gasteiger partial charge in [0.1, 0.15) is 11.6 Å². The molecular weight excluding hydrogens is 360 g/mol. The van der Waals surface area contributed by atoms with Crippen LogP contribution in [0.5, 0.6) is 5.75 Å². The van der Waals surface area contributed by atoms with Crippen molar-refractivity contribution in [2.45, 2.75) is 61.6 Å². The summed E-state index contributed by atoms with van der Waals surface area (Å²) in [5.74, 6) is 1.55. The van der Waals surface area contributed by atoms with E-state index in [1.165, 1.54) is 36.0 Å². The van der Waals surface area contributed by atoms with E-state index in [1.54, 1.807) is 0 Å². The quantitative estimate of drug-likeness (QED) is 0.501. The molecule has 2 aliphatic rings. The number of aromatic nitrogens is 3. The molecule has 0 saturated heterocycles. The van der Waals surface area contributed by atoms with E-state index >= 15 is 0 Å². The topological polar surface area (TPSA) is 57.0 Å². The smallest absolute Gasteiger partial charge is 0.387 e. The molecule has 138 valence electrons. The average molecular weight is 379 g/mol. The molecule has 0 bridgehead atoms. The Hall–Kier alpha value is -1.96. The molecule has 1 aromatic heterocycles. The van der Waals surface area contributed by atoms with Crippen LogP contribution >= 0.6 is 11.8 Å². The molecule has 1 aromatic carbocycles. The number of hydrogen-bond acceptors (Lipinski definition) is 5. The molecule has 1 heterocycles. The molecule has 2 saturated carbocycles. The molecule has 2 aliphatic carbocycles. The number of alkyl halides is 2. The largest absolute Gasteiger partial charge is 0.435 e. The number of halogens is 2. The molecule has 5 nitrogen and oxygen atoms in total. The first-order chi connectivity index (χ1) is 12.5. The lowest BCUT2D eigenvalue weighted by molar-refractivity contribution is -0.0498. The van der Waals surface area contributed by atoms with Crippen LogP contribution in [0.3, 0.4) is 0 Å². The van der Waals surface area contributed by atoms with Crippen molar-refractivity contribution in [1.82, 2.24) is 14.8 Å². The minimum Gasteiger partial charge on any atom is -0.435 e. The summed E-state index contributed by atoms with van der Waals surface area (Å²) in [5, 5.41) is 9.14. The second kappa shape index (κ2) is 6.98. The molecule has 4 rings (SSSR count). The number of carbonyl (C=O) groups excluding carboxylic acids is 1. The van der Waals surface area contributed by atoms with Gasteiger partial charge in [0, 0.05) is 17.5 Å². The van der Waals surface area contributed by atoms with Crippen molar-refractivity contribution >= 4 is 17.5 Å². The fourth-order valence-electron chi connectivity index (χ4n) is 2.91. The van der Waals surface area contributed by atoms with Gasteiger partial charge >= 0.3 is 6.61 Å². The zero-order valence-electron chi connectivity index (χ0n) is 14.3.